The maximum Gasteiger partial charge on any atom is 0.161 e. The molecule has 3 heterocycles. The van der Waals surface area contributed by atoms with E-state index in [4.69, 9.17) is 9.47 Å². The van der Waals surface area contributed by atoms with Crippen LogP contribution in [0.15, 0.2) is 54.7 Å². The average Bonchev–Trinajstić information content (AvgIpc) is 3.11. The van der Waals surface area contributed by atoms with E-state index in [1.54, 1.807) is 12.1 Å². The largest absolute Gasteiger partial charge is 0.486 e. The van der Waals surface area contributed by atoms with E-state index in [-0.39, 0.29) is 11.9 Å². The molecule has 0 amide bonds. The van der Waals surface area contributed by atoms with Crippen LogP contribution in [0.4, 0.5) is 4.39 Å². The second-order valence-electron chi connectivity index (χ2n) is 7.13. The van der Waals surface area contributed by atoms with Gasteiger partial charge < -0.3 is 14.5 Å². The SMILES string of the molecule is Fc1ccc2[nH]cc(C3=CCN(CC4COc5ccccc5O4)CC3)c2c1. The maximum atomic E-state index is 13.6. The topological polar surface area (TPSA) is 37.5 Å². The highest BCUT2D eigenvalue weighted by atomic mass is 19.1. The van der Waals surface area contributed by atoms with Crippen LogP contribution in [-0.2, 0) is 0 Å². The summed E-state index contributed by atoms with van der Waals surface area (Å²) in [5.74, 6) is 1.44. The Bertz CT molecular complexity index is 1010. The molecule has 1 unspecified atom stereocenters. The number of H-pyrrole nitrogens is 1. The lowest BCUT2D eigenvalue weighted by atomic mass is 9.98. The fraction of sp³-hybridized carbons (Fsp3) is 0.273. The summed E-state index contributed by atoms with van der Waals surface area (Å²) < 4.78 is 25.5. The molecule has 5 heteroatoms. The van der Waals surface area contributed by atoms with E-state index in [0.717, 1.165) is 54.0 Å². The highest BCUT2D eigenvalue weighted by molar-refractivity contribution is 5.92. The van der Waals surface area contributed by atoms with Crippen LogP contribution in [0.5, 0.6) is 11.5 Å². The fourth-order valence-corrected chi connectivity index (χ4v) is 3.92. The summed E-state index contributed by atoms with van der Waals surface area (Å²) in [5.41, 5.74) is 3.35. The summed E-state index contributed by atoms with van der Waals surface area (Å²) >= 11 is 0. The number of benzene rings is 2. The van der Waals surface area contributed by atoms with Gasteiger partial charge >= 0.3 is 0 Å². The number of aromatic amines is 1. The third kappa shape index (κ3) is 3.19. The molecule has 0 radical (unpaired) electrons. The first-order chi connectivity index (χ1) is 13.3. The van der Waals surface area contributed by atoms with E-state index < -0.39 is 0 Å². The van der Waals surface area contributed by atoms with Gasteiger partial charge in [0.15, 0.2) is 11.5 Å². The monoisotopic (exact) mass is 364 g/mol. The minimum atomic E-state index is -0.198. The molecule has 2 aliphatic rings. The molecule has 1 atom stereocenters. The molecule has 138 valence electrons. The van der Waals surface area contributed by atoms with Crippen LogP contribution >= 0.6 is 0 Å². The van der Waals surface area contributed by atoms with Gasteiger partial charge in [0.1, 0.15) is 18.5 Å². The zero-order valence-electron chi connectivity index (χ0n) is 15.0. The number of rotatable bonds is 3. The van der Waals surface area contributed by atoms with Gasteiger partial charge in [0.25, 0.3) is 0 Å². The van der Waals surface area contributed by atoms with Crippen molar-refractivity contribution in [2.45, 2.75) is 12.5 Å². The van der Waals surface area contributed by atoms with Gasteiger partial charge in [0.2, 0.25) is 0 Å². The lowest BCUT2D eigenvalue weighted by Crippen LogP contribution is -2.42. The van der Waals surface area contributed by atoms with Gasteiger partial charge in [-0.3, -0.25) is 4.90 Å². The van der Waals surface area contributed by atoms with Crippen LogP contribution in [-0.4, -0.2) is 42.2 Å². The quantitative estimate of drug-likeness (QED) is 0.755. The first-order valence-electron chi connectivity index (χ1n) is 9.33. The van der Waals surface area contributed by atoms with E-state index in [1.165, 1.54) is 11.6 Å². The highest BCUT2D eigenvalue weighted by Gasteiger charge is 2.24. The summed E-state index contributed by atoms with van der Waals surface area (Å²) in [4.78, 5) is 5.62. The van der Waals surface area contributed by atoms with E-state index in [0.29, 0.717) is 6.61 Å². The van der Waals surface area contributed by atoms with Crippen molar-refractivity contribution >= 4 is 16.5 Å². The van der Waals surface area contributed by atoms with Crippen LogP contribution < -0.4 is 9.47 Å². The number of hydrogen-bond donors (Lipinski definition) is 1. The van der Waals surface area contributed by atoms with Crippen LogP contribution in [0.25, 0.3) is 16.5 Å². The van der Waals surface area contributed by atoms with Crippen LogP contribution in [0.3, 0.4) is 0 Å². The summed E-state index contributed by atoms with van der Waals surface area (Å²) in [6.07, 6.45) is 5.21. The summed E-state index contributed by atoms with van der Waals surface area (Å²) in [6.45, 7) is 3.22. The Labute approximate surface area is 157 Å². The van der Waals surface area contributed by atoms with Crippen molar-refractivity contribution in [3.63, 3.8) is 0 Å². The molecule has 0 aliphatic carbocycles. The third-order valence-corrected chi connectivity index (χ3v) is 5.31. The summed E-state index contributed by atoms with van der Waals surface area (Å²) in [5, 5.41) is 0.954. The molecule has 5 rings (SSSR count). The number of nitrogens with zero attached hydrogens (tertiary/aromatic N) is 1. The molecule has 4 nitrogen and oxygen atoms in total. The Morgan fingerprint density at radius 3 is 2.89 bits per heavy atom. The second kappa shape index (κ2) is 6.74. The fourth-order valence-electron chi connectivity index (χ4n) is 3.92. The molecule has 0 fully saturated rings. The predicted octanol–water partition coefficient (Wildman–Crippen LogP) is 4.24. The molecule has 27 heavy (non-hydrogen) atoms. The smallest absolute Gasteiger partial charge is 0.161 e. The van der Waals surface area contributed by atoms with Crippen molar-refractivity contribution in [2.75, 3.05) is 26.2 Å². The molecule has 1 aromatic heterocycles. The van der Waals surface area contributed by atoms with Gasteiger partial charge in [0, 0.05) is 42.3 Å². The summed E-state index contributed by atoms with van der Waals surface area (Å²) in [6, 6.07) is 12.7. The van der Waals surface area contributed by atoms with Crippen molar-refractivity contribution < 1.29 is 13.9 Å². The lowest BCUT2D eigenvalue weighted by molar-refractivity contribution is 0.0616. The molecule has 2 aromatic carbocycles. The van der Waals surface area contributed by atoms with E-state index in [9.17, 15) is 4.39 Å². The van der Waals surface area contributed by atoms with Gasteiger partial charge in [-0.15, -0.1) is 0 Å². The lowest BCUT2D eigenvalue weighted by Gasteiger charge is -2.32. The van der Waals surface area contributed by atoms with Gasteiger partial charge in [-0.1, -0.05) is 18.2 Å². The molecule has 1 N–H and O–H groups in total. The maximum absolute atomic E-state index is 13.6. The highest BCUT2D eigenvalue weighted by Crippen LogP contribution is 2.32. The Morgan fingerprint density at radius 1 is 1.15 bits per heavy atom. The number of halogens is 1. The van der Waals surface area contributed by atoms with Crippen molar-refractivity contribution in [3.05, 3.63) is 66.1 Å². The van der Waals surface area contributed by atoms with Gasteiger partial charge in [-0.05, 0) is 42.3 Å². The zero-order valence-corrected chi connectivity index (χ0v) is 15.0. The zero-order chi connectivity index (χ0) is 18.2. The second-order valence-corrected chi connectivity index (χ2v) is 7.13. The number of fused-ring (bicyclic) bond motifs is 2. The minimum absolute atomic E-state index is 0.0389. The van der Waals surface area contributed by atoms with Crippen molar-refractivity contribution in [1.82, 2.24) is 9.88 Å². The van der Waals surface area contributed by atoms with Gasteiger partial charge in [-0.2, -0.15) is 0 Å². The van der Waals surface area contributed by atoms with E-state index in [2.05, 4.69) is 16.0 Å². The third-order valence-electron chi connectivity index (χ3n) is 5.31. The van der Waals surface area contributed by atoms with Crippen molar-refractivity contribution in [1.29, 1.82) is 0 Å². The van der Waals surface area contributed by atoms with Gasteiger partial charge in [-0.25, -0.2) is 4.39 Å². The molecule has 0 bridgehead atoms. The standard InChI is InChI=1S/C22H21FN2O2/c23-16-5-6-20-18(11-16)19(12-24-20)15-7-9-25(10-8-15)13-17-14-26-21-3-1-2-4-22(21)27-17/h1-7,11-12,17,24H,8-10,13-14H2. The normalized spacial score (nSPS) is 19.9. The number of hydrogen-bond acceptors (Lipinski definition) is 3. The van der Waals surface area contributed by atoms with E-state index in [1.807, 2.05) is 30.5 Å². The molecule has 3 aromatic rings. The van der Waals surface area contributed by atoms with Crippen molar-refractivity contribution in [2.24, 2.45) is 0 Å². The van der Waals surface area contributed by atoms with Crippen LogP contribution in [0, 0.1) is 5.82 Å². The average molecular weight is 364 g/mol. The number of para-hydroxylation sites is 2. The Morgan fingerprint density at radius 2 is 2.04 bits per heavy atom. The number of ether oxygens (including phenoxy) is 2. The Kier molecular flexibility index (Phi) is 4.09. The van der Waals surface area contributed by atoms with Crippen LogP contribution in [0.2, 0.25) is 0 Å². The Hall–Kier alpha value is -2.79. The summed E-state index contributed by atoms with van der Waals surface area (Å²) in [7, 11) is 0. The molecule has 2 aliphatic heterocycles. The molecular formula is C22H21FN2O2. The first-order valence-corrected chi connectivity index (χ1v) is 9.33. The molecule has 0 saturated carbocycles. The van der Waals surface area contributed by atoms with Gasteiger partial charge in [0.05, 0.1) is 0 Å². The first kappa shape index (κ1) is 16.4. The number of nitrogens with one attached hydrogen (secondary N) is 1. The van der Waals surface area contributed by atoms with Crippen molar-refractivity contribution in [3.8, 4) is 11.5 Å². The van der Waals surface area contributed by atoms with E-state index >= 15 is 0 Å². The van der Waals surface area contributed by atoms with Crippen LogP contribution in [0.1, 0.15) is 12.0 Å². The molecule has 0 spiro atoms. The molecule has 0 saturated heterocycles. The molecular weight excluding hydrogens is 343 g/mol. The number of aromatic nitrogens is 1. The predicted molar refractivity (Wildman–Crippen MR) is 104 cm³/mol. The minimum Gasteiger partial charge on any atom is -0.486 e. The Balaban J connectivity index is 1.27.